The van der Waals surface area contributed by atoms with Crippen molar-refractivity contribution in [3.05, 3.63) is 35.5 Å². The number of carbonyl (C=O) groups is 1. The van der Waals surface area contributed by atoms with Gasteiger partial charge in [0.05, 0.1) is 5.52 Å². The maximum Gasteiger partial charge on any atom is 0.243 e. The molecule has 0 saturated carbocycles. The Morgan fingerprint density at radius 2 is 1.96 bits per heavy atom. The molecule has 1 aromatic carbocycles. The van der Waals surface area contributed by atoms with Crippen molar-refractivity contribution < 1.29 is 10.0 Å². The van der Waals surface area contributed by atoms with Gasteiger partial charge in [0.2, 0.25) is 5.91 Å². The molecular weight excluding hydrogens is 302 g/mol. The predicted molar refractivity (Wildman–Crippen MR) is 95.3 cm³/mol. The molecule has 3 N–H and O–H groups in total. The first-order chi connectivity index (χ1) is 11.8. The maximum absolute atomic E-state index is 11.0. The first-order valence-electron chi connectivity index (χ1n) is 8.87. The van der Waals surface area contributed by atoms with E-state index in [1.54, 1.807) is 5.48 Å². The van der Waals surface area contributed by atoms with Crippen molar-refractivity contribution in [1.29, 1.82) is 0 Å². The molecule has 0 unspecified atom stereocenters. The number of pyridine rings is 1. The van der Waals surface area contributed by atoms with E-state index in [9.17, 15) is 4.79 Å². The Morgan fingerprint density at radius 1 is 1.12 bits per heavy atom. The van der Waals surface area contributed by atoms with Crippen LogP contribution in [0, 0.1) is 0 Å². The number of nitrogens with one attached hydrogen (secondary N) is 2. The quantitative estimate of drug-likeness (QED) is 0.413. The monoisotopic (exact) mass is 327 g/mol. The van der Waals surface area contributed by atoms with Crippen molar-refractivity contribution in [1.82, 2.24) is 10.5 Å². The smallest absolute Gasteiger partial charge is 0.243 e. The fourth-order valence-corrected chi connectivity index (χ4v) is 3.43. The van der Waals surface area contributed by atoms with Gasteiger partial charge in [-0.05, 0) is 50.2 Å². The Kier molecular flexibility index (Phi) is 5.64. The minimum Gasteiger partial charge on any atom is -0.384 e. The largest absolute Gasteiger partial charge is 0.384 e. The summed E-state index contributed by atoms with van der Waals surface area (Å²) in [5.74, 6) is -0.308. The van der Waals surface area contributed by atoms with Gasteiger partial charge < -0.3 is 5.32 Å². The zero-order valence-corrected chi connectivity index (χ0v) is 14.0. The lowest BCUT2D eigenvalue weighted by Gasteiger charge is -2.21. The van der Waals surface area contributed by atoms with Crippen molar-refractivity contribution in [2.45, 2.75) is 51.4 Å². The molecule has 3 rings (SSSR count). The molecule has 128 valence electrons. The van der Waals surface area contributed by atoms with Gasteiger partial charge in [-0.25, -0.2) is 5.48 Å². The number of hydrogen-bond acceptors (Lipinski definition) is 4. The molecule has 0 radical (unpaired) electrons. The zero-order chi connectivity index (χ0) is 16.8. The number of para-hydroxylation sites is 1. The van der Waals surface area contributed by atoms with E-state index in [0.29, 0.717) is 6.42 Å². The summed E-state index contributed by atoms with van der Waals surface area (Å²) in [5, 5.41) is 13.3. The highest BCUT2D eigenvalue weighted by Gasteiger charge is 2.17. The molecule has 0 atom stereocenters. The van der Waals surface area contributed by atoms with Crippen LogP contribution in [0.4, 0.5) is 5.69 Å². The molecule has 1 aliphatic carbocycles. The number of anilines is 1. The number of unbranched alkanes of at least 4 members (excludes halogenated alkanes) is 2. The number of hydroxylamine groups is 1. The minimum absolute atomic E-state index is 0.308. The van der Waals surface area contributed by atoms with E-state index >= 15 is 0 Å². The van der Waals surface area contributed by atoms with Crippen LogP contribution in [0.2, 0.25) is 0 Å². The van der Waals surface area contributed by atoms with Gasteiger partial charge in [0, 0.05) is 29.7 Å². The van der Waals surface area contributed by atoms with Gasteiger partial charge in [-0.2, -0.15) is 0 Å². The molecule has 0 spiro atoms. The number of benzene rings is 1. The number of carbonyl (C=O) groups excluding carboxylic acids is 1. The third-order valence-corrected chi connectivity index (χ3v) is 4.68. The van der Waals surface area contributed by atoms with Crippen molar-refractivity contribution in [3.63, 3.8) is 0 Å². The van der Waals surface area contributed by atoms with Crippen LogP contribution in [0.25, 0.3) is 10.9 Å². The Balaban J connectivity index is 1.66. The molecule has 1 aromatic heterocycles. The van der Waals surface area contributed by atoms with Crippen LogP contribution in [0.5, 0.6) is 0 Å². The van der Waals surface area contributed by atoms with E-state index in [4.69, 9.17) is 10.2 Å². The summed E-state index contributed by atoms with van der Waals surface area (Å²) in [4.78, 5) is 15.8. The van der Waals surface area contributed by atoms with Crippen molar-refractivity contribution in [2.24, 2.45) is 0 Å². The van der Waals surface area contributed by atoms with Gasteiger partial charge in [-0.3, -0.25) is 15.0 Å². The van der Waals surface area contributed by atoms with E-state index in [-0.39, 0.29) is 5.91 Å². The van der Waals surface area contributed by atoms with Crippen LogP contribution >= 0.6 is 0 Å². The van der Waals surface area contributed by atoms with E-state index in [0.717, 1.165) is 44.2 Å². The molecule has 24 heavy (non-hydrogen) atoms. The second kappa shape index (κ2) is 8.11. The third kappa shape index (κ3) is 3.85. The number of aromatic nitrogens is 1. The van der Waals surface area contributed by atoms with Gasteiger partial charge >= 0.3 is 0 Å². The Morgan fingerprint density at radius 3 is 2.83 bits per heavy atom. The van der Waals surface area contributed by atoms with Crippen LogP contribution in [0.15, 0.2) is 24.3 Å². The van der Waals surface area contributed by atoms with Gasteiger partial charge in [0.15, 0.2) is 0 Å². The number of aryl methyl sites for hydroxylation is 1. The van der Waals surface area contributed by atoms with E-state index in [1.807, 2.05) is 6.07 Å². The molecule has 2 aromatic rings. The van der Waals surface area contributed by atoms with Crippen molar-refractivity contribution in [3.8, 4) is 0 Å². The molecule has 5 nitrogen and oxygen atoms in total. The Bertz CT molecular complexity index is 715. The first kappa shape index (κ1) is 16.7. The summed E-state index contributed by atoms with van der Waals surface area (Å²) in [5.41, 5.74) is 6.64. The lowest BCUT2D eigenvalue weighted by atomic mass is 9.92. The van der Waals surface area contributed by atoms with Crippen LogP contribution in [-0.2, 0) is 17.6 Å². The summed E-state index contributed by atoms with van der Waals surface area (Å²) in [6.45, 7) is 0.890. The van der Waals surface area contributed by atoms with Crippen LogP contribution < -0.4 is 10.8 Å². The summed E-state index contributed by atoms with van der Waals surface area (Å²) >= 11 is 0. The fourth-order valence-electron chi connectivity index (χ4n) is 3.43. The van der Waals surface area contributed by atoms with E-state index < -0.39 is 0 Å². The van der Waals surface area contributed by atoms with E-state index in [1.165, 1.54) is 35.2 Å². The molecule has 0 saturated heterocycles. The highest BCUT2D eigenvalue weighted by atomic mass is 16.5. The Hall–Kier alpha value is -2.14. The minimum atomic E-state index is -0.308. The average molecular weight is 327 g/mol. The van der Waals surface area contributed by atoms with Crippen LogP contribution in [0.1, 0.15) is 49.8 Å². The third-order valence-electron chi connectivity index (χ3n) is 4.68. The Labute approximate surface area is 142 Å². The number of amides is 1. The standard InChI is InChI=1S/C19H25N3O2/c23-18(22-24)12-2-1-7-13-20-19-14-8-3-5-10-16(14)21-17-11-6-4-9-15(17)19/h3,5,8,10,24H,1-2,4,6-7,9,11-13H2,(H,20,21)(H,22,23). The molecule has 0 bridgehead atoms. The SMILES string of the molecule is O=C(CCCCCNc1c2c(nc3ccccc13)CCCC2)NO. The second-order valence-corrected chi connectivity index (χ2v) is 6.41. The van der Waals surface area contributed by atoms with Crippen molar-refractivity contribution in [2.75, 3.05) is 11.9 Å². The summed E-state index contributed by atoms with van der Waals surface area (Å²) in [6, 6.07) is 8.34. The summed E-state index contributed by atoms with van der Waals surface area (Å²) in [7, 11) is 0. The molecule has 0 aliphatic heterocycles. The van der Waals surface area contributed by atoms with Gasteiger partial charge in [0.25, 0.3) is 0 Å². The van der Waals surface area contributed by atoms with Gasteiger partial charge in [-0.15, -0.1) is 0 Å². The number of nitrogens with zero attached hydrogens (tertiary/aromatic N) is 1. The topological polar surface area (TPSA) is 74.2 Å². The maximum atomic E-state index is 11.0. The number of fused-ring (bicyclic) bond motifs is 2. The van der Waals surface area contributed by atoms with E-state index in [2.05, 4.69) is 23.5 Å². The van der Waals surface area contributed by atoms with Crippen LogP contribution in [-0.4, -0.2) is 22.6 Å². The zero-order valence-electron chi connectivity index (χ0n) is 14.0. The molecular formula is C19H25N3O2. The molecule has 1 aliphatic rings. The normalized spacial score (nSPS) is 13.5. The number of rotatable bonds is 7. The fraction of sp³-hybridized carbons (Fsp3) is 0.474. The van der Waals surface area contributed by atoms with Gasteiger partial charge in [-0.1, -0.05) is 24.6 Å². The first-order valence-corrected chi connectivity index (χ1v) is 8.87. The summed E-state index contributed by atoms with van der Waals surface area (Å²) < 4.78 is 0. The molecule has 1 amide bonds. The molecule has 0 fully saturated rings. The average Bonchev–Trinajstić information content (AvgIpc) is 2.63. The molecule has 1 heterocycles. The molecule has 5 heteroatoms. The lowest BCUT2D eigenvalue weighted by molar-refractivity contribution is -0.129. The predicted octanol–water partition coefficient (Wildman–Crippen LogP) is 3.59. The highest BCUT2D eigenvalue weighted by molar-refractivity contribution is 5.93. The summed E-state index contributed by atoms with van der Waals surface area (Å²) in [6.07, 6.45) is 7.78. The van der Waals surface area contributed by atoms with Crippen LogP contribution in [0.3, 0.4) is 0 Å². The van der Waals surface area contributed by atoms with Gasteiger partial charge in [0.1, 0.15) is 0 Å². The highest BCUT2D eigenvalue weighted by Crippen LogP contribution is 2.33. The van der Waals surface area contributed by atoms with Crippen molar-refractivity contribution >= 4 is 22.5 Å². The second-order valence-electron chi connectivity index (χ2n) is 6.41. The lowest BCUT2D eigenvalue weighted by Crippen LogP contribution is -2.17. The number of hydrogen-bond donors (Lipinski definition) is 3.